The molecule has 20 heavy (non-hydrogen) atoms. The Bertz CT molecular complexity index is 668. The molecule has 2 aromatic rings. The lowest BCUT2D eigenvalue weighted by molar-refractivity contribution is -0.131. The summed E-state index contributed by atoms with van der Waals surface area (Å²) in [5.41, 5.74) is 0.610. The molecule has 0 unspecified atom stereocenters. The lowest BCUT2D eigenvalue weighted by Gasteiger charge is -2.10. The van der Waals surface area contributed by atoms with E-state index in [4.69, 9.17) is 21.4 Å². The maximum absolute atomic E-state index is 10.6. The number of aliphatic carboxylic acids is 1. The van der Waals surface area contributed by atoms with Crippen molar-refractivity contribution in [1.82, 2.24) is 0 Å². The van der Waals surface area contributed by atoms with Gasteiger partial charge in [0.1, 0.15) is 5.75 Å². The fourth-order valence-electron chi connectivity index (χ4n) is 1.57. The van der Waals surface area contributed by atoms with Gasteiger partial charge in [0.15, 0.2) is 5.75 Å². The molecule has 1 N–H and O–H groups in total. The number of carboxylic acid groups (broad SMARTS) is 1. The minimum atomic E-state index is -1.02. The van der Waals surface area contributed by atoms with Crippen molar-refractivity contribution in [2.45, 2.75) is 0 Å². The number of hydrogen-bond donors (Lipinski definition) is 1. The highest BCUT2D eigenvalue weighted by atomic mass is 127. The van der Waals surface area contributed by atoms with E-state index < -0.39 is 5.97 Å². The number of carboxylic acids is 1. The summed E-state index contributed by atoms with van der Waals surface area (Å²) in [5, 5.41) is 9.13. The first kappa shape index (κ1) is 14.9. The molecular formula is C15H10ClIO3. The first-order chi connectivity index (χ1) is 9.56. The van der Waals surface area contributed by atoms with Crippen molar-refractivity contribution >= 4 is 46.2 Å². The van der Waals surface area contributed by atoms with Crippen molar-refractivity contribution in [3.8, 4) is 11.5 Å². The van der Waals surface area contributed by atoms with Gasteiger partial charge in [0.25, 0.3) is 0 Å². The maximum atomic E-state index is 10.6. The molecule has 0 aliphatic heterocycles. The number of para-hydroxylation sites is 1. The summed E-state index contributed by atoms with van der Waals surface area (Å²) in [7, 11) is 0. The van der Waals surface area contributed by atoms with E-state index in [2.05, 4.69) is 22.6 Å². The van der Waals surface area contributed by atoms with Crippen LogP contribution < -0.4 is 4.74 Å². The van der Waals surface area contributed by atoms with Crippen LogP contribution in [0.3, 0.4) is 0 Å². The second kappa shape index (κ2) is 6.76. The number of carbonyl (C=O) groups is 1. The quantitative estimate of drug-likeness (QED) is 0.590. The van der Waals surface area contributed by atoms with Crippen LogP contribution in [0.25, 0.3) is 6.08 Å². The van der Waals surface area contributed by atoms with Crippen LogP contribution in [-0.4, -0.2) is 11.1 Å². The Morgan fingerprint density at radius 2 is 2.00 bits per heavy atom. The molecule has 3 nitrogen and oxygen atoms in total. The molecular weight excluding hydrogens is 391 g/mol. The molecule has 0 atom stereocenters. The Hall–Kier alpha value is -1.53. The molecule has 0 aliphatic rings. The van der Waals surface area contributed by atoms with Crippen LogP contribution in [0.4, 0.5) is 0 Å². The molecule has 0 saturated heterocycles. The third-order valence-electron chi connectivity index (χ3n) is 2.42. The first-order valence-corrected chi connectivity index (χ1v) is 7.15. The van der Waals surface area contributed by atoms with Gasteiger partial charge < -0.3 is 9.84 Å². The highest BCUT2D eigenvalue weighted by molar-refractivity contribution is 14.1. The monoisotopic (exact) mass is 400 g/mol. The van der Waals surface area contributed by atoms with Gasteiger partial charge in [-0.2, -0.15) is 0 Å². The molecule has 102 valence electrons. The maximum Gasteiger partial charge on any atom is 0.328 e. The average Bonchev–Trinajstić information content (AvgIpc) is 2.39. The summed E-state index contributed by atoms with van der Waals surface area (Å²) >= 11 is 8.31. The van der Waals surface area contributed by atoms with Gasteiger partial charge in [-0.05, 0) is 52.9 Å². The van der Waals surface area contributed by atoms with E-state index in [0.29, 0.717) is 22.1 Å². The van der Waals surface area contributed by atoms with Gasteiger partial charge in [0.2, 0.25) is 0 Å². The predicted molar refractivity (Wildman–Crippen MR) is 87.4 cm³/mol. The van der Waals surface area contributed by atoms with Gasteiger partial charge in [-0.25, -0.2) is 4.79 Å². The highest BCUT2D eigenvalue weighted by Gasteiger charge is 2.08. The van der Waals surface area contributed by atoms with Crippen molar-refractivity contribution in [2.75, 3.05) is 0 Å². The average molecular weight is 401 g/mol. The van der Waals surface area contributed by atoms with E-state index >= 15 is 0 Å². The highest BCUT2D eigenvalue weighted by Crippen LogP contribution is 2.34. The second-order valence-corrected chi connectivity index (χ2v) is 5.54. The first-order valence-electron chi connectivity index (χ1n) is 5.69. The molecule has 0 aliphatic carbocycles. The molecule has 0 heterocycles. The van der Waals surface area contributed by atoms with Gasteiger partial charge in [-0.15, -0.1) is 0 Å². The van der Waals surface area contributed by atoms with E-state index in [1.165, 1.54) is 6.08 Å². The van der Waals surface area contributed by atoms with E-state index in [1.54, 1.807) is 18.2 Å². The SMILES string of the molecule is O=C(O)/C=C/c1cccc(Cl)c1Oc1cccc(I)c1. The molecule has 0 amide bonds. The van der Waals surface area contributed by atoms with Crippen molar-refractivity contribution in [3.05, 3.63) is 62.7 Å². The van der Waals surface area contributed by atoms with E-state index in [1.807, 2.05) is 24.3 Å². The molecule has 0 saturated carbocycles. The predicted octanol–water partition coefficient (Wildman–Crippen LogP) is 4.83. The lowest BCUT2D eigenvalue weighted by atomic mass is 10.2. The Morgan fingerprint density at radius 1 is 1.25 bits per heavy atom. The lowest BCUT2D eigenvalue weighted by Crippen LogP contribution is -1.91. The zero-order valence-corrected chi connectivity index (χ0v) is 13.1. The summed E-state index contributed by atoms with van der Waals surface area (Å²) in [6.07, 6.45) is 2.50. The molecule has 0 bridgehead atoms. The van der Waals surface area contributed by atoms with Gasteiger partial charge in [0.05, 0.1) is 5.02 Å². The number of ether oxygens (including phenoxy) is 1. The summed E-state index contributed by atoms with van der Waals surface area (Å²) in [5.74, 6) is 0.0637. The van der Waals surface area contributed by atoms with Gasteiger partial charge in [0, 0.05) is 15.2 Å². The minimum Gasteiger partial charge on any atom is -0.478 e. The zero-order chi connectivity index (χ0) is 14.5. The topological polar surface area (TPSA) is 46.5 Å². The molecule has 0 radical (unpaired) electrons. The van der Waals surface area contributed by atoms with Crippen molar-refractivity contribution < 1.29 is 14.6 Å². The smallest absolute Gasteiger partial charge is 0.328 e. The minimum absolute atomic E-state index is 0.427. The second-order valence-electron chi connectivity index (χ2n) is 3.89. The molecule has 0 spiro atoms. The van der Waals surface area contributed by atoms with Crippen molar-refractivity contribution in [2.24, 2.45) is 0 Å². The largest absolute Gasteiger partial charge is 0.478 e. The number of rotatable bonds is 4. The summed E-state index contributed by atoms with van der Waals surface area (Å²) in [6.45, 7) is 0. The van der Waals surface area contributed by atoms with Gasteiger partial charge >= 0.3 is 5.97 Å². The summed E-state index contributed by atoms with van der Waals surface area (Å²) < 4.78 is 6.81. The third-order valence-corrected chi connectivity index (χ3v) is 3.39. The normalized spacial score (nSPS) is 10.7. The standard InChI is InChI=1S/C15H10ClIO3/c16-13-6-1-3-10(7-8-14(18)19)15(13)20-12-5-2-4-11(17)9-12/h1-9H,(H,18,19)/b8-7+. The molecule has 2 aromatic carbocycles. The molecule has 0 fully saturated rings. The van der Waals surface area contributed by atoms with Crippen LogP contribution in [0.15, 0.2) is 48.5 Å². The Balaban J connectivity index is 2.37. The van der Waals surface area contributed by atoms with E-state index in [-0.39, 0.29) is 0 Å². The number of benzene rings is 2. The van der Waals surface area contributed by atoms with Gasteiger partial charge in [-0.1, -0.05) is 29.8 Å². The van der Waals surface area contributed by atoms with Crippen molar-refractivity contribution in [1.29, 1.82) is 0 Å². The van der Waals surface area contributed by atoms with Crippen LogP contribution in [0.5, 0.6) is 11.5 Å². The number of halogens is 2. The Morgan fingerprint density at radius 3 is 2.70 bits per heavy atom. The molecule has 0 aromatic heterocycles. The van der Waals surface area contributed by atoms with E-state index in [0.717, 1.165) is 9.65 Å². The van der Waals surface area contributed by atoms with Crippen LogP contribution in [-0.2, 0) is 4.79 Å². The van der Waals surface area contributed by atoms with Crippen molar-refractivity contribution in [3.63, 3.8) is 0 Å². The Labute approximate surface area is 135 Å². The fourth-order valence-corrected chi connectivity index (χ4v) is 2.31. The van der Waals surface area contributed by atoms with Gasteiger partial charge in [-0.3, -0.25) is 0 Å². The fraction of sp³-hybridized carbons (Fsp3) is 0. The van der Waals surface area contributed by atoms with Crippen LogP contribution in [0.1, 0.15) is 5.56 Å². The van der Waals surface area contributed by atoms with Crippen LogP contribution >= 0.6 is 34.2 Å². The van der Waals surface area contributed by atoms with E-state index in [9.17, 15) is 4.79 Å². The summed E-state index contributed by atoms with van der Waals surface area (Å²) in [6, 6.07) is 12.7. The number of hydrogen-bond acceptors (Lipinski definition) is 2. The molecule has 5 heteroatoms. The van der Waals surface area contributed by atoms with Crippen LogP contribution in [0.2, 0.25) is 5.02 Å². The van der Waals surface area contributed by atoms with Crippen LogP contribution in [0, 0.1) is 3.57 Å². The Kier molecular flexibility index (Phi) is 5.03. The summed E-state index contributed by atoms with van der Waals surface area (Å²) in [4.78, 5) is 10.6. The zero-order valence-electron chi connectivity index (χ0n) is 10.2. The molecule has 2 rings (SSSR count). The third kappa shape index (κ3) is 3.98.